The predicted molar refractivity (Wildman–Crippen MR) is 84.8 cm³/mol. The lowest BCUT2D eigenvalue weighted by Crippen LogP contribution is -2.21. The molecule has 1 aromatic carbocycles. The van der Waals surface area contributed by atoms with Crippen molar-refractivity contribution in [3.8, 4) is 0 Å². The number of benzene rings is 1. The molecule has 0 aliphatic carbocycles. The molecule has 0 aliphatic heterocycles. The normalized spacial score (nSPS) is 13.6. The maximum atomic E-state index is 11.4. The molecule has 0 bridgehead atoms. The molecule has 0 radical (unpaired) electrons. The quantitative estimate of drug-likeness (QED) is 0.922. The second kappa shape index (κ2) is 5.51. The summed E-state index contributed by atoms with van der Waals surface area (Å²) in [5, 5.41) is 9.36. The van der Waals surface area contributed by atoms with Crippen LogP contribution in [0, 0.1) is 5.92 Å². The Kier molecular flexibility index (Phi) is 4.08. The van der Waals surface area contributed by atoms with Crippen LogP contribution in [0.5, 0.6) is 0 Å². The molecule has 4 heteroatoms. The number of nitrogens with zero attached hydrogens (tertiary/aromatic N) is 2. The van der Waals surface area contributed by atoms with Gasteiger partial charge in [0.2, 0.25) is 0 Å². The summed E-state index contributed by atoms with van der Waals surface area (Å²) in [6.07, 6.45) is 1.09. The number of carboxylic acid groups (broad SMARTS) is 1. The highest BCUT2D eigenvalue weighted by Crippen LogP contribution is 2.29. The first kappa shape index (κ1) is 15.5. The van der Waals surface area contributed by atoms with Crippen LogP contribution in [0.1, 0.15) is 57.2 Å². The molecular weight excluding hydrogens is 264 g/mol. The molecule has 0 saturated carbocycles. The Hall–Kier alpha value is -1.84. The Bertz CT molecular complexity index is 665. The number of hydrogen-bond donors (Lipinski definition) is 1. The standard InChI is InChI=1S/C17H24N2O2/c1-6-11(2)10-19-13-9-7-8-12(15(20)21)14(13)18-16(19)17(3,4)5/h7-9,11H,6,10H2,1-5H3,(H,20,21). The Morgan fingerprint density at radius 2 is 2.05 bits per heavy atom. The van der Waals surface area contributed by atoms with Crippen LogP contribution in [0.15, 0.2) is 18.2 Å². The van der Waals surface area contributed by atoms with Crippen LogP contribution in [0.3, 0.4) is 0 Å². The van der Waals surface area contributed by atoms with Gasteiger partial charge in [-0.3, -0.25) is 0 Å². The van der Waals surface area contributed by atoms with Gasteiger partial charge in [-0.05, 0) is 18.1 Å². The van der Waals surface area contributed by atoms with Crippen LogP contribution in [-0.4, -0.2) is 20.6 Å². The van der Waals surface area contributed by atoms with Crippen molar-refractivity contribution in [1.29, 1.82) is 0 Å². The summed E-state index contributed by atoms with van der Waals surface area (Å²) in [4.78, 5) is 16.1. The van der Waals surface area contributed by atoms with E-state index in [1.165, 1.54) is 0 Å². The molecule has 0 fully saturated rings. The summed E-state index contributed by atoms with van der Waals surface area (Å²) in [6, 6.07) is 5.39. The fraction of sp³-hybridized carbons (Fsp3) is 0.529. The average Bonchev–Trinajstić information content (AvgIpc) is 2.77. The Morgan fingerprint density at radius 1 is 1.38 bits per heavy atom. The van der Waals surface area contributed by atoms with Gasteiger partial charge in [0, 0.05) is 12.0 Å². The Balaban J connectivity index is 2.73. The largest absolute Gasteiger partial charge is 0.478 e. The summed E-state index contributed by atoms with van der Waals surface area (Å²) < 4.78 is 2.19. The lowest BCUT2D eigenvalue weighted by Gasteiger charge is -2.22. The summed E-state index contributed by atoms with van der Waals surface area (Å²) in [5.74, 6) is 0.553. The third-order valence-electron chi connectivity index (χ3n) is 3.87. The molecule has 1 aromatic heterocycles. The van der Waals surface area contributed by atoms with E-state index >= 15 is 0 Å². The first-order valence-electron chi connectivity index (χ1n) is 7.48. The average molecular weight is 288 g/mol. The van der Waals surface area contributed by atoms with E-state index in [2.05, 4.69) is 44.2 Å². The van der Waals surface area contributed by atoms with Gasteiger partial charge < -0.3 is 9.67 Å². The van der Waals surface area contributed by atoms with Gasteiger partial charge in [-0.25, -0.2) is 9.78 Å². The zero-order valence-electron chi connectivity index (χ0n) is 13.5. The molecule has 0 spiro atoms. The second-order valence-electron chi connectivity index (χ2n) is 6.79. The van der Waals surface area contributed by atoms with E-state index in [-0.39, 0.29) is 11.0 Å². The van der Waals surface area contributed by atoms with Gasteiger partial charge in [0.15, 0.2) is 0 Å². The molecule has 2 rings (SSSR count). The van der Waals surface area contributed by atoms with Gasteiger partial charge in [0.05, 0.1) is 11.1 Å². The molecule has 1 heterocycles. The SMILES string of the molecule is CCC(C)Cn1c(C(C)(C)C)nc2c(C(=O)O)cccc21. The molecule has 0 aliphatic rings. The fourth-order valence-electron chi connectivity index (χ4n) is 2.52. The van der Waals surface area contributed by atoms with E-state index < -0.39 is 5.97 Å². The third-order valence-corrected chi connectivity index (χ3v) is 3.87. The fourth-order valence-corrected chi connectivity index (χ4v) is 2.52. The first-order valence-corrected chi connectivity index (χ1v) is 7.48. The van der Waals surface area contributed by atoms with Gasteiger partial charge in [-0.15, -0.1) is 0 Å². The smallest absolute Gasteiger partial charge is 0.337 e. The number of para-hydroxylation sites is 1. The molecule has 1 unspecified atom stereocenters. The first-order chi connectivity index (χ1) is 9.75. The van der Waals surface area contributed by atoms with E-state index in [0.717, 1.165) is 24.3 Å². The maximum Gasteiger partial charge on any atom is 0.337 e. The minimum atomic E-state index is -0.922. The summed E-state index contributed by atoms with van der Waals surface area (Å²) in [5.41, 5.74) is 1.67. The van der Waals surface area contributed by atoms with Crippen LogP contribution in [0.25, 0.3) is 11.0 Å². The minimum Gasteiger partial charge on any atom is -0.478 e. The molecule has 2 aromatic rings. The second-order valence-corrected chi connectivity index (χ2v) is 6.79. The zero-order valence-corrected chi connectivity index (χ0v) is 13.5. The van der Waals surface area contributed by atoms with E-state index in [1.807, 2.05) is 6.07 Å². The van der Waals surface area contributed by atoms with Crippen LogP contribution in [0.4, 0.5) is 0 Å². The van der Waals surface area contributed by atoms with Crippen molar-refractivity contribution in [2.24, 2.45) is 5.92 Å². The maximum absolute atomic E-state index is 11.4. The van der Waals surface area contributed by atoms with E-state index in [4.69, 9.17) is 0 Å². The van der Waals surface area contributed by atoms with Gasteiger partial charge in [0.25, 0.3) is 0 Å². The third kappa shape index (κ3) is 2.94. The van der Waals surface area contributed by atoms with Gasteiger partial charge >= 0.3 is 5.97 Å². The number of carboxylic acids is 1. The molecule has 1 atom stereocenters. The van der Waals surface area contributed by atoms with Crippen molar-refractivity contribution >= 4 is 17.0 Å². The summed E-state index contributed by atoms with van der Waals surface area (Å²) in [7, 11) is 0. The van der Waals surface area contributed by atoms with E-state index in [0.29, 0.717) is 11.4 Å². The van der Waals surface area contributed by atoms with Crippen molar-refractivity contribution in [3.63, 3.8) is 0 Å². The number of rotatable bonds is 4. The van der Waals surface area contributed by atoms with Crippen LogP contribution < -0.4 is 0 Å². The molecule has 1 N–H and O–H groups in total. The van der Waals surface area contributed by atoms with Crippen LogP contribution >= 0.6 is 0 Å². The number of hydrogen-bond acceptors (Lipinski definition) is 2. The molecule has 21 heavy (non-hydrogen) atoms. The monoisotopic (exact) mass is 288 g/mol. The van der Waals surface area contributed by atoms with Crippen LogP contribution in [-0.2, 0) is 12.0 Å². The summed E-state index contributed by atoms with van der Waals surface area (Å²) in [6.45, 7) is 11.6. The molecular formula is C17H24N2O2. The van der Waals surface area contributed by atoms with Crippen molar-refractivity contribution in [3.05, 3.63) is 29.6 Å². The van der Waals surface area contributed by atoms with Crippen molar-refractivity contribution < 1.29 is 9.90 Å². The molecule has 4 nitrogen and oxygen atoms in total. The van der Waals surface area contributed by atoms with Gasteiger partial charge in [-0.1, -0.05) is 47.1 Å². The van der Waals surface area contributed by atoms with Crippen molar-refractivity contribution in [2.45, 2.75) is 53.0 Å². The number of carbonyl (C=O) groups is 1. The predicted octanol–water partition coefficient (Wildman–Crippen LogP) is 4.08. The topological polar surface area (TPSA) is 55.1 Å². The molecule has 0 amide bonds. The van der Waals surface area contributed by atoms with Crippen molar-refractivity contribution in [2.75, 3.05) is 0 Å². The summed E-state index contributed by atoms with van der Waals surface area (Å²) >= 11 is 0. The number of imidazole rings is 1. The number of aromatic carboxylic acids is 1. The zero-order chi connectivity index (χ0) is 15.8. The molecule has 114 valence electrons. The van der Waals surface area contributed by atoms with E-state index in [1.54, 1.807) is 12.1 Å². The van der Waals surface area contributed by atoms with E-state index in [9.17, 15) is 9.90 Å². The number of aromatic nitrogens is 2. The molecule has 0 saturated heterocycles. The Labute approximate surface area is 125 Å². The van der Waals surface area contributed by atoms with Gasteiger partial charge in [-0.2, -0.15) is 0 Å². The highest BCUT2D eigenvalue weighted by molar-refractivity contribution is 6.01. The van der Waals surface area contributed by atoms with Crippen molar-refractivity contribution in [1.82, 2.24) is 9.55 Å². The highest BCUT2D eigenvalue weighted by atomic mass is 16.4. The van der Waals surface area contributed by atoms with Crippen LogP contribution in [0.2, 0.25) is 0 Å². The minimum absolute atomic E-state index is 0.123. The lowest BCUT2D eigenvalue weighted by molar-refractivity contribution is 0.0699. The Morgan fingerprint density at radius 3 is 2.57 bits per heavy atom. The highest BCUT2D eigenvalue weighted by Gasteiger charge is 2.25. The number of fused-ring (bicyclic) bond motifs is 1. The van der Waals surface area contributed by atoms with Gasteiger partial charge in [0.1, 0.15) is 11.3 Å². The lowest BCUT2D eigenvalue weighted by atomic mass is 9.95.